The molecule has 6 nitrogen and oxygen atoms in total. The maximum absolute atomic E-state index is 13.1. The first kappa shape index (κ1) is 20.3. The molecule has 0 amide bonds. The standard InChI is InChI=1S/C23H25N5OS/c1-14-11-15(2)28-22(24-14)25-26-23(28)30-13-21(29)20-12-16(3)27(18(20)5)17(4)19-9-7-6-8-10-19/h6-12,17H,13H2,1-5H3/t17-/m0/s1. The zero-order chi connectivity index (χ0) is 21.4. The van der Waals surface area contributed by atoms with E-state index in [1.807, 2.05) is 55.5 Å². The molecular weight excluding hydrogens is 394 g/mol. The molecule has 0 aliphatic carbocycles. The van der Waals surface area contributed by atoms with Crippen LogP contribution < -0.4 is 0 Å². The van der Waals surface area contributed by atoms with Crippen molar-refractivity contribution in [1.82, 2.24) is 24.1 Å². The van der Waals surface area contributed by atoms with Gasteiger partial charge < -0.3 is 4.57 Å². The van der Waals surface area contributed by atoms with E-state index in [2.05, 4.69) is 45.7 Å². The first-order chi connectivity index (χ1) is 14.4. The van der Waals surface area contributed by atoms with Crippen molar-refractivity contribution in [1.29, 1.82) is 0 Å². The Morgan fingerprint density at radius 1 is 1.03 bits per heavy atom. The van der Waals surface area contributed by atoms with Crippen molar-refractivity contribution in [2.75, 3.05) is 5.75 Å². The number of aromatic nitrogens is 5. The fraction of sp³-hybridized carbons (Fsp3) is 0.304. The third kappa shape index (κ3) is 3.65. The average Bonchev–Trinajstić information content (AvgIpc) is 3.26. The SMILES string of the molecule is Cc1cc(C)n2c(SCC(=O)c3cc(C)n([C@@H](C)c4ccccc4)c3C)nnc2n1. The van der Waals surface area contributed by atoms with Crippen LogP contribution in [0.1, 0.15) is 51.7 Å². The summed E-state index contributed by atoms with van der Waals surface area (Å²) in [5.74, 6) is 0.962. The van der Waals surface area contributed by atoms with Crippen molar-refractivity contribution in [3.8, 4) is 0 Å². The molecular formula is C23H25N5OS. The number of hydrogen-bond acceptors (Lipinski definition) is 5. The number of carbonyl (C=O) groups is 1. The van der Waals surface area contributed by atoms with E-state index in [9.17, 15) is 4.79 Å². The van der Waals surface area contributed by atoms with Crippen LogP contribution in [-0.2, 0) is 0 Å². The number of fused-ring (bicyclic) bond motifs is 1. The number of rotatable bonds is 6. The number of hydrogen-bond donors (Lipinski definition) is 0. The first-order valence-corrected chi connectivity index (χ1v) is 10.9. The van der Waals surface area contributed by atoms with E-state index >= 15 is 0 Å². The fourth-order valence-electron chi connectivity index (χ4n) is 4.04. The zero-order valence-corrected chi connectivity index (χ0v) is 18.7. The lowest BCUT2D eigenvalue weighted by Gasteiger charge is -2.19. The van der Waals surface area contributed by atoms with E-state index in [-0.39, 0.29) is 11.8 Å². The summed E-state index contributed by atoms with van der Waals surface area (Å²) >= 11 is 1.40. The van der Waals surface area contributed by atoms with Crippen LogP contribution in [0, 0.1) is 27.7 Å². The lowest BCUT2D eigenvalue weighted by molar-refractivity contribution is 0.102. The molecule has 0 saturated heterocycles. The van der Waals surface area contributed by atoms with Crippen LogP contribution >= 0.6 is 11.8 Å². The van der Waals surface area contributed by atoms with Gasteiger partial charge in [-0.25, -0.2) is 4.98 Å². The van der Waals surface area contributed by atoms with E-state index in [0.29, 0.717) is 16.7 Å². The minimum absolute atomic E-state index is 0.0917. The summed E-state index contributed by atoms with van der Waals surface area (Å²) in [4.78, 5) is 17.5. The Labute approximate surface area is 180 Å². The lowest BCUT2D eigenvalue weighted by Crippen LogP contribution is -2.12. The molecule has 0 fully saturated rings. The van der Waals surface area contributed by atoms with Crippen LogP contribution in [0.5, 0.6) is 0 Å². The third-order valence-electron chi connectivity index (χ3n) is 5.45. The molecule has 0 unspecified atom stereocenters. The molecule has 3 heterocycles. The van der Waals surface area contributed by atoms with Gasteiger partial charge in [-0.1, -0.05) is 42.1 Å². The fourth-order valence-corrected chi connectivity index (χ4v) is 4.91. The summed E-state index contributed by atoms with van der Waals surface area (Å²) in [7, 11) is 0. The van der Waals surface area contributed by atoms with Crippen molar-refractivity contribution in [3.63, 3.8) is 0 Å². The summed E-state index contributed by atoms with van der Waals surface area (Å²) in [6.45, 7) is 10.2. The van der Waals surface area contributed by atoms with Crippen LogP contribution in [0.4, 0.5) is 0 Å². The van der Waals surface area contributed by atoms with Gasteiger partial charge in [-0.2, -0.15) is 0 Å². The molecule has 0 N–H and O–H groups in total. The molecule has 154 valence electrons. The van der Waals surface area contributed by atoms with Crippen LogP contribution in [0.25, 0.3) is 5.78 Å². The summed E-state index contributed by atoms with van der Waals surface area (Å²) < 4.78 is 4.13. The molecule has 0 radical (unpaired) electrons. The van der Waals surface area contributed by atoms with Gasteiger partial charge >= 0.3 is 0 Å². The van der Waals surface area contributed by atoms with Gasteiger partial charge in [0, 0.05) is 28.3 Å². The van der Waals surface area contributed by atoms with E-state index < -0.39 is 0 Å². The molecule has 0 aliphatic heterocycles. The predicted molar refractivity (Wildman–Crippen MR) is 119 cm³/mol. The summed E-state index contributed by atoms with van der Waals surface area (Å²) in [6.07, 6.45) is 0. The molecule has 1 atom stereocenters. The molecule has 3 aromatic heterocycles. The van der Waals surface area contributed by atoms with Gasteiger partial charge in [0.2, 0.25) is 0 Å². The maximum atomic E-state index is 13.1. The Bertz CT molecular complexity index is 1230. The van der Waals surface area contributed by atoms with Crippen LogP contribution in [0.15, 0.2) is 47.6 Å². The highest BCUT2D eigenvalue weighted by Crippen LogP contribution is 2.27. The number of thioether (sulfide) groups is 1. The first-order valence-electron chi connectivity index (χ1n) is 9.95. The van der Waals surface area contributed by atoms with Crippen LogP contribution in [0.3, 0.4) is 0 Å². The van der Waals surface area contributed by atoms with Crippen molar-refractivity contribution in [3.05, 3.63) is 76.4 Å². The number of Topliss-reactive ketones (excluding diaryl/α,β-unsaturated/α-hetero) is 1. The molecule has 30 heavy (non-hydrogen) atoms. The summed E-state index contributed by atoms with van der Waals surface area (Å²) in [5, 5.41) is 9.07. The second-order valence-electron chi connectivity index (χ2n) is 7.61. The minimum atomic E-state index is 0.0917. The average molecular weight is 420 g/mol. The van der Waals surface area contributed by atoms with E-state index in [1.54, 1.807) is 0 Å². The Morgan fingerprint density at radius 2 is 1.77 bits per heavy atom. The lowest BCUT2D eigenvalue weighted by atomic mass is 10.1. The second kappa shape index (κ2) is 8.07. The van der Waals surface area contributed by atoms with Crippen LogP contribution in [-0.4, -0.2) is 35.7 Å². The number of nitrogens with zero attached hydrogens (tertiary/aromatic N) is 5. The van der Waals surface area contributed by atoms with Gasteiger partial charge in [0.1, 0.15) is 0 Å². The van der Waals surface area contributed by atoms with Crippen molar-refractivity contribution in [2.24, 2.45) is 0 Å². The minimum Gasteiger partial charge on any atom is -0.341 e. The molecule has 0 saturated carbocycles. The van der Waals surface area contributed by atoms with E-state index in [1.165, 1.54) is 17.3 Å². The third-order valence-corrected chi connectivity index (χ3v) is 6.38. The van der Waals surface area contributed by atoms with E-state index in [0.717, 1.165) is 28.3 Å². The predicted octanol–water partition coefficient (Wildman–Crippen LogP) is 4.74. The smallest absolute Gasteiger partial charge is 0.256 e. The monoisotopic (exact) mass is 419 g/mol. The molecule has 4 aromatic rings. The largest absolute Gasteiger partial charge is 0.341 e. The maximum Gasteiger partial charge on any atom is 0.256 e. The van der Waals surface area contributed by atoms with Gasteiger partial charge in [-0.3, -0.25) is 9.20 Å². The quantitative estimate of drug-likeness (QED) is 0.333. The van der Waals surface area contributed by atoms with E-state index in [4.69, 9.17) is 0 Å². The molecule has 0 bridgehead atoms. The normalized spacial score (nSPS) is 12.4. The van der Waals surface area contributed by atoms with Gasteiger partial charge in [0.25, 0.3) is 5.78 Å². The molecule has 1 aromatic carbocycles. The number of aryl methyl sites for hydroxylation is 3. The Kier molecular flexibility index (Phi) is 5.47. The Balaban J connectivity index is 1.56. The Morgan fingerprint density at radius 3 is 2.50 bits per heavy atom. The Hall–Kier alpha value is -2.93. The van der Waals surface area contributed by atoms with Crippen LogP contribution in [0.2, 0.25) is 0 Å². The van der Waals surface area contributed by atoms with Gasteiger partial charge in [0.05, 0.1) is 11.8 Å². The number of benzene rings is 1. The van der Waals surface area contributed by atoms with Crippen molar-refractivity contribution >= 4 is 23.3 Å². The van der Waals surface area contributed by atoms with Gasteiger partial charge in [-0.15, -0.1) is 10.2 Å². The van der Waals surface area contributed by atoms with Gasteiger partial charge in [-0.05, 0) is 52.3 Å². The molecule has 0 spiro atoms. The molecule has 4 rings (SSSR count). The topological polar surface area (TPSA) is 65.1 Å². The van der Waals surface area contributed by atoms with Crippen molar-refractivity contribution in [2.45, 2.75) is 45.8 Å². The highest BCUT2D eigenvalue weighted by molar-refractivity contribution is 7.99. The highest BCUT2D eigenvalue weighted by atomic mass is 32.2. The second-order valence-corrected chi connectivity index (χ2v) is 8.55. The number of ketones is 1. The summed E-state index contributed by atoms with van der Waals surface area (Å²) in [5.41, 5.74) is 5.98. The molecule has 7 heteroatoms. The number of carbonyl (C=O) groups excluding carboxylic acids is 1. The molecule has 0 aliphatic rings. The van der Waals surface area contributed by atoms with Crippen molar-refractivity contribution < 1.29 is 4.79 Å². The summed E-state index contributed by atoms with van der Waals surface area (Å²) in [6, 6.07) is 14.5. The zero-order valence-electron chi connectivity index (χ0n) is 17.9. The van der Waals surface area contributed by atoms with Gasteiger partial charge in [0.15, 0.2) is 10.9 Å². The highest BCUT2D eigenvalue weighted by Gasteiger charge is 2.20.